The van der Waals surface area contributed by atoms with Crippen LogP contribution in [0.3, 0.4) is 0 Å². The Morgan fingerprint density at radius 2 is 2.60 bits per heavy atom. The third-order valence-electron chi connectivity index (χ3n) is 1.10. The highest BCUT2D eigenvalue weighted by Gasteiger charge is 1.94. The molecule has 10 heavy (non-hydrogen) atoms. The SMILES string of the molecule is [c]1csc(-n2ccnc2)n1. The first-order chi connectivity index (χ1) is 4.97. The van der Waals surface area contributed by atoms with Crippen molar-refractivity contribution in [2.75, 3.05) is 0 Å². The van der Waals surface area contributed by atoms with Crippen LogP contribution in [0, 0.1) is 6.20 Å². The van der Waals surface area contributed by atoms with Gasteiger partial charge in [0.1, 0.15) is 12.5 Å². The van der Waals surface area contributed by atoms with E-state index in [1.807, 2.05) is 16.1 Å². The van der Waals surface area contributed by atoms with E-state index in [2.05, 4.69) is 16.2 Å². The van der Waals surface area contributed by atoms with E-state index < -0.39 is 0 Å². The second-order valence-electron chi connectivity index (χ2n) is 1.73. The Balaban J connectivity index is 2.48. The van der Waals surface area contributed by atoms with Crippen LogP contribution in [0.5, 0.6) is 0 Å². The minimum Gasteiger partial charge on any atom is -0.282 e. The molecule has 2 rings (SSSR count). The molecule has 0 unspecified atom stereocenters. The van der Waals surface area contributed by atoms with Crippen LogP contribution in [0.15, 0.2) is 24.1 Å². The molecule has 0 fully saturated rings. The molecule has 2 aromatic heterocycles. The van der Waals surface area contributed by atoms with Crippen molar-refractivity contribution in [1.29, 1.82) is 0 Å². The molecule has 2 heterocycles. The van der Waals surface area contributed by atoms with E-state index in [0.29, 0.717) is 0 Å². The molecule has 4 heteroatoms. The molecule has 3 nitrogen and oxygen atoms in total. The molecular formula is C6H4N3S. The van der Waals surface area contributed by atoms with Crippen LogP contribution in [-0.2, 0) is 0 Å². The molecule has 0 N–H and O–H groups in total. The molecule has 0 spiro atoms. The summed E-state index contributed by atoms with van der Waals surface area (Å²) >= 11 is 1.54. The monoisotopic (exact) mass is 150 g/mol. The average molecular weight is 150 g/mol. The molecule has 0 bridgehead atoms. The molecule has 0 saturated carbocycles. The number of hydrogen-bond acceptors (Lipinski definition) is 3. The van der Waals surface area contributed by atoms with Crippen molar-refractivity contribution < 1.29 is 0 Å². The lowest BCUT2D eigenvalue weighted by Crippen LogP contribution is -1.86. The maximum Gasteiger partial charge on any atom is 0.195 e. The van der Waals surface area contributed by atoms with E-state index in [1.165, 1.54) is 11.3 Å². The second kappa shape index (κ2) is 2.22. The summed E-state index contributed by atoms with van der Waals surface area (Å²) < 4.78 is 1.85. The van der Waals surface area contributed by atoms with E-state index in [4.69, 9.17) is 0 Å². The number of rotatable bonds is 1. The van der Waals surface area contributed by atoms with Crippen molar-refractivity contribution in [3.05, 3.63) is 30.3 Å². The lowest BCUT2D eigenvalue weighted by Gasteiger charge is -1.90. The predicted molar refractivity (Wildman–Crippen MR) is 38.1 cm³/mol. The summed E-state index contributed by atoms with van der Waals surface area (Å²) in [7, 11) is 0. The van der Waals surface area contributed by atoms with Crippen molar-refractivity contribution >= 4 is 11.3 Å². The molecule has 0 aliphatic rings. The van der Waals surface area contributed by atoms with Gasteiger partial charge in [-0.1, -0.05) is 0 Å². The number of hydrogen-bond donors (Lipinski definition) is 0. The van der Waals surface area contributed by atoms with Gasteiger partial charge in [0.2, 0.25) is 0 Å². The van der Waals surface area contributed by atoms with Gasteiger partial charge >= 0.3 is 0 Å². The van der Waals surface area contributed by atoms with Gasteiger partial charge in [-0.3, -0.25) is 4.57 Å². The summed E-state index contributed by atoms with van der Waals surface area (Å²) in [6.07, 6.45) is 8.03. The lowest BCUT2D eigenvalue weighted by atomic mass is 10.9. The van der Waals surface area contributed by atoms with E-state index in [1.54, 1.807) is 12.5 Å². The molecule has 0 aliphatic heterocycles. The average Bonchev–Trinajstić information content (AvgIpc) is 2.59. The molecular weight excluding hydrogens is 146 g/mol. The van der Waals surface area contributed by atoms with Gasteiger partial charge in [0.15, 0.2) is 5.13 Å². The largest absolute Gasteiger partial charge is 0.282 e. The van der Waals surface area contributed by atoms with Crippen molar-refractivity contribution in [3.8, 4) is 5.13 Å². The van der Waals surface area contributed by atoms with E-state index in [0.717, 1.165) is 5.13 Å². The fourth-order valence-corrected chi connectivity index (χ4v) is 1.22. The number of imidazole rings is 1. The summed E-state index contributed by atoms with van der Waals surface area (Å²) in [5.74, 6) is 0. The maximum atomic E-state index is 3.98. The van der Waals surface area contributed by atoms with Gasteiger partial charge in [0, 0.05) is 17.8 Å². The molecule has 0 aliphatic carbocycles. The smallest absolute Gasteiger partial charge is 0.195 e. The molecule has 2 aromatic rings. The van der Waals surface area contributed by atoms with E-state index >= 15 is 0 Å². The van der Waals surface area contributed by atoms with Gasteiger partial charge in [-0.15, -0.1) is 11.3 Å². The van der Waals surface area contributed by atoms with Crippen LogP contribution < -0.4 is 0 Å². The van der Waals surface area contributed by atoms with Crippen LogP contribution in [0.1, 0.15) is 0 Å². The first-order valence-electron chi connectivity index (χ1n) is 2.77. The van der Waals surface area contributed by atoms with Crippen molar-refractivity contribution in [2.45, 2.75) is 0 Å². The first-order valence-corrected chi connectivity index (χ1v) is 3.65. The van der Waals surface area contributed by atoms with Crippen molar-refractivity contribution in [3.63, 3.8) is 0 Å². The van der Waals surface area contributed by atoms with Gasteiger partial charge in [0.25, 0.3) is 0 Å². The fourth-order valence-electron chi connectivity index (χ4n) is 0.678. The fraction of sp³-hybridized carbons (Fsp3) is 0. The quantitative estimate of drug-likeness (QED) is 0.610. The predicted octanol–water partition coefficient (Wildman–Crippen LogP) is 1.13. The zero-order valence-electron chi connectivity index (χ0n) is 5.06. The Labute approximate surface area is 62.0 Å². The van der Waals surface area contributed by atoms with Gasteiger partial charge < -0.3 is 0 Å². The van der Waals surface area contributed by atoms with Crippen LogP contribution in [-0.4, -0.2) is 14.5 Å². The Morgan fingerprint density at radius 3 is 3.20 bits per heavy atom. The Kier molecular flexibility index (Phi) is 1.25. The van der Waals surface area contributed by atoms with E-state index in [-0.39, 0.29) is 0 Å². The highest BCUT2D eigenvalue weighted by molar-refractivity contribution is 7.12. The van der Waals surface area contributed by atoms with Gasteiger partial charge in [0.05, 0.1) is 0 Å². The third kappa shape index (κ3) is 0.823. The topological polar surface area (TPSA) is 30.7 Å². The summed E-state index contributed by atoms with van der Waals surface area (Å²) in [5.41, 5.74) is 0. The van der Waals surface area contributed by atoms with Crippen LogP contribution in [0.4, 0.5) is 0 Å². The zero-order valence-corrected chi connectivity index (χ0v) is 5.88. The van der Waals surface area contributed by atoms with Crippen LogP contribution in [0.25, 0.3) is 5.13 Å². The summed E-state index contributed by atoms with van der Waals surface area (Å²) in [6.45, 7) is 0. The minimum atomic E-state index is 0.900. The summed E-state index contributed by atoms with van der Waals surface area (Å²) in [4.78, 5) is 7.87. The lowest BCUT2D eigenvalue weighted by molar-refractivity contribution is 1.03. The maximum absolute atomic E-state index is 3.98. The summed E-state index contributed by atoms with van der Waals surface area (Å²) in [5, 5.41) is 2.72. The molecule has 0 amide bonds. The van der Waals surface area contributed by atoms with Crippen LogP contribution >= 0.6 is 11.3 Å². The normalized spacial score (nSPS) is 10.0. The standard InChI is InChI=1S/C6H4N3S/c1-3-9(5-7-1)6-8-2-4-10-6/h1,3-5H. The Bertz CT molecular complexity index is 252. The Hall–Kier alpha value is -1.16. The molecule has 0 saturated heterocycles. The second-order valence-corrected chi connectivity index (χ2v) is 2.57. The Morgan fingerprint density at radius 1 is 1.60 bits per heavy atom. The van der Waals surface area contributed by atoms with Crippen molar-refractivity contribution in [2.24, 2.45) is 0 Å². The van der Waals surface area contributed by atoms with Crippen LogP contribution in [0.2, 0.25) is 0 Å². The number of nitrogens with zero attached hydrogens (tertiary/aromatic N) is 3. The van der Waals surface area contributed by atoms with Gasteiger partial charge in [-0.05, 0) is 0 Å². The zero-order chi connectivity index (χ0) is 6.81. The van der Waals surface area contributed by atoms with E-state index in [9.17, 15) is 0 Å². The van der Waals surface area contributed by atoms with Gasteiger partial charge in [-0.2, -0.15) is 0 Å². The van der Waals surface area contributed by atoms with Gasteiger partial charge in [-0.25, -0.2) is 9.97 Å². The molecule has 1 radical (unpaired) electrons. The first kappa shape index (κ1) is 5.61. The highest BCUT2D eigenvalue weighted by atomic mass is 32.1. The number of thiazole rings is 1. The molecule has 49 valence electrons. The third-order valence-corrected chi connectivity index (χ3v) is 1.84. The minimum absolute atomic E-state index is 0.900. The van der Waals surface area contributed by atoms with Crippen molar-refractivity contribution in [1.82, 2.24) is 14.5 Å². The number of aromatic nitrogens is 3. The molecule has 0 aromatic carbocycles. The summed E-state index contributed by atoms with van der Waals surface area (Å²) in [6, 6.07) is 0. The highest BCUT2D eigenvalue weighted by Crippen LogP contribution is 2.08. The molecule has 0 atom stereocenters.